The lowest BCUT2D eigenvalue weighted by Gasteiger charge is -2.31. The minimum atomic E-state index is 0.727. The van der Waals surface area contributed by atoms with E-state index in [0.717, 1.165) is 23.8 Å². The van der Waals surface area contributed by atoms with Crippen molar-refractivity contribution in [2.24, 2.45) is 4.99 Å². The molecule has 0 aromatic carbocycles. The van der Waals surface area contributed by atoms with E-state index in [2.05, 4.69) is 42.9 Å². The van der Waals surface area contributed by atoms with Gasteiger partial charge in [0.25, 0.3) is 0 Å². The molecular formula is C14H22N2S. The zero-order valence-corrected chi connectivity index (χ0v) is 11.9. The minimum Gasteiger partial charge on any atom is -0.367 e. The molecule has 1 fully saturated rings. The van der Waals surface area contributed by atoms with Crippen molar-refractivity contribution in [3.05, 3.63) is 34.5 Å². The Morgan fingerprint density at radius 1 is 1.47 bits per heavy atom. The number of likely N-dealkylation sites (tertiary alicyclic amines) is 1. The van der Waals surface area contributed by atoms with E-state index in [1.807, 2.05) is 13.0 Å². The van der Waals surface area contributed by atoms with Crippen LogP contribution in [-0.4, -0.2) is 24.2 Å². The first-order valence-electron chi connectivity index (χ1n) is 6.03. The molecule has 2 nitrogen and oxygen atoms in total. The van der Waals surface area contributed by atoms with E-state index in [1.54, 1.807) is 6.21 Å². The average molecular weight is 250 g/mol. The van der Waals surface area contributed by atoms with Crippen LogP contribution in [0.2, 0.25) is 0 Å². The molecule has 17 heavy (non-hydrogen) atoms. The number of piperidine rings is 1. The summed E-state index contributed by atoms with van der Waals surface area (Å²) in [7, 11) is 0. The van der Waals surface area contributed by atoms with Gasteiger partial charge in [0.15, 0.2) is 0 Å². The molecule has 0 saturated carbocycles. The van der Waals surface area contributed by atoms with Gasteiger partial charge < -0.3 is 4.90 Å². The third kappa shape index (κ3) is 4.43. The van der Waals surface area contributed by atoms with Crippen molar-refractivity contribution in [2.75, 3.05) is 13.1 Å². The Balaban J connectivity index is 2.65. The molecule has 0 aromatic heterocycles. The van der Waals surface area contributed by atoms with Crippen LogP contribution in [-0.2, 0) is 0 Å². The molecule has 0 atom stereocenters. The summed E-state index contributed by atoms with van der Waals surface area (Å²) in [4.78, 5) is 6.51. The summed E-state index contributed by atoms with van der Waals surface area (Å²) < 4.78 is 0. The number of thiol groups is 1. The van der Waals surface area contributed by atoms with E-state index in [-0.39, 0.29) is 0 Å². The van der Waals surface area contributed by atoms with Crippen LogP contribution in [0.15, 0.2) is 39.5 Å². The van der Waals surface area contributed by atoms with Crippen LogP contribution in [0.5, 0.6) is 0 Å². The van der Waals surface area contributed by atoms with Gasteiger partial charge in [-0.15, -0.1) is 12.6 Å². The van der Waals surface area contributed by atoms with E-state index in [0.29, 0.717) is 0 Å². The molecule has 1 heterocycles. The lowest BCUT2D eigenvalue weighted by Crippen LogP contribution is -2.31. The standard InChI is InChI=1S/C14H22N2S/c1-5-14(17)15-9-12(4)16-8-6-7-13(10-16)11(2)3/h5,9,17H,4,6-8,10H2,1-3H3/b14-5+,15-9-. The van der Waals surface area contributed by atoms with Gasteiger partial charge >= 0.3 is 0 Å². The molecule has 0 aliphatic carbocycles. The molecule has 1 aliphatic rings. The van der Waals surface area contributed by atoms with Crippen molar-refractivity contribution in [3.63, 3.8) is 0 Å². The first kappa shape index (κ1) is 14.1. The van der Waals surface area contributed by atoms with Gasteiger partial charge in [-0.2, -0.15) is 0 Å². The summed E-state index contributed by atoms with van der Waals surface area (Å²) in [5.41, 5.74) is 3.93. The molecule has 0 bridgehead atoms. The molecule has 0 aromatic rings. The maximum atomic E-state index is 4.23. The Morgan fingerprint density at radius 2 is 2.18 bits per heavy atom. The highest BCUT2D eigenvalue weighted by Gasteiger charge is 2.15. The van der Waals surface area contributed by atoms with Crippen LogP contribution in [0.1, 0.15) is 33.6 Å². The van der Waals surface area contributed by atoms with Crippen LogP contribution in [0.25, 0.3) is 0 Å². The highest BCUT2D eigenvalue weighted by Crippen LogP contribution is 2.21. The Bertz CT molecular complexity index is 374. The fourth-order valence-electron chi connectivity index (χ4n) is 1.82. The SMILES string of the molecule is C=C(/C=N\C(S)=C/C)N1CCCC(=C(C)C)C1. The zero-order chi connectivity index (χ0) is 12.8. The summed E-state index contributed by atoms with van der Waals surface area (Å²) in [6.45, 7) is 12.4. The van der Waals surface area contributed by atoms with Crippen LogP contribution in [0, 0.1) is 0 Å². The second-order valence-electron chi connectivity index (χ2n) is 4.53. The maximum absolute atomic E-state index is 4.23. The third-order valence-electron chi connectivity index (χ3n) is 3.01. The molecule has 0 amide bonds. The number of allylic oxidation sites excluding steroid dienone is 3. The molecule has 0 radical (unpaired) electrons. The Hall–Kier alpha value is -0.960. The van der Waals surface area contributed by atoms with E-state index >= 15 is 0 Å². The van der Waals surface area contributed by atoms with Gasteiger partial charge in [-0.05, 0) is 33.6 Å². The van der Waals surface area contributed by atoms with Crippen LogP contribution in [0.3, 0.4) is 0 Å². The summed E-state index contributed by atoms with van der Waals surface area (Å²) in [5.74, 6) is 0. The average Bonchev–Trinajstić information content (AvgIpc) is 2.35. The molecule has 1 aliphatic heterocycles. The van der Waals surface area contributed by atoms with E-state index in [9.17, 15) is 0 Å². The fraction of sp³-hybridized carbons (Fsp3) is 0.500. The second kappa shape index (κ2) is 6.70. The topological polar surface area (TPSA) is 15.6 Å². The number of aliphatic imine (C=N–C) groups is 1. The lowest BCUT2D eigenvalue weighted by molar-refractivity contribution is 0.346. The minimum absolute atomic E-state index is 0.727. The van der Waals surface area contributed by atoms with Crippen molar-refractivity contribution in [2.45, 2.75) is 33.6 Å². The highest BCUT2D eigenvalue weighted by molar-refractivity contribution is 7.84. The van der Waals surface area contributed by atoms with Crippen LogP contribution in [0.4, 0.5) is 0 Å². The molecule has 94 valence electrons. The molecule has 0 unspecified atom stereocenters. The largest absolute Gasteiger partial charge is 0.367 e. The normalized spacial score (nSPS) is 17.8. The zero-order valence-electron chi connectivity index (χ0n) is 11.0. The van der Waals surface area contributed by atoms with Gasteiger partial charge in [0.1, 0.15) is 0 Å². The van der Waals surface area contributed by atoms with Gasteiger partial charge in [0.05, 0.1) is 11.2 Å². The molecule has 3 heteroatoms. The van der Waals surface area contributed by atoms with Crippen molar-refractivity contribution in [1.82, 2.24) is 4.90 Å². The Kier molecular flexibility index (Phi) is 5.56. The maximum Gasteiger partial charge on any atom is 0.0887 e. The van der Waals surface area contributed by atoms with Gasteiger partial charge in [-0.3, -0.25) is 0 Å². The summed E-state index contributed by atoms with van der Waals surface area (Å²) >= 11 is 4.21. The fourth-order valence-corrected chi connectivity index (χ4v) is 1.88. The van der Waals surface area contributed by atoms with Gasteiger partial charge in [-0.1, -0.05) is 23.8 Å². The van der Waals surface area contributed by atoms with E-state index in [1.165, 1.54) is 24.0 Å². The van der Waals surface area contributed by atoms with Gasteiger partial charge in [0.2, 0.25) is 0 Å². The van der Waals surface area contributed by atoms with Crippen molar-refractivity contribution >= 4 is 18.8 Å². The molecule has 0 N–H and O–H groups in total. The first-order chi connectivity index (χ1) is 8.04. The van der Waals surface area contributed by atoms with Gasteiger partial charge in [0, 0.05) is 18.8 Å². The second-order valence-corrected chi connectivity index (χ2v) is 4.98. The molecule has 1 saturated heterocycles. The smallest absolute Gasteiger partial charge is 0.0887 e. The Labute approximate surface area is 110 Å². The van der Waals surface area contributed by atoms with Crippen LogP contribution < -0.4 is 0 Å². The monoisotopic (exact) mass is 250 g/mol. The van der Waals surface area contributed by atoms with Crippen LogP contribution >= 0.6 is 12.6 Å². The van der Waals surface area contributed by atoms with E-state index in [4.69, 9.17) is 0 Å². The molecule has 0 spiro atoms. The number of nitrogens with zero attached hydrogens (tertiary/aromatic N) is 2. The number of hydrogen-bond donors (Lipinski definition) is 1. The van der Waals surface area contributed by atoms with E-state index < -0.39 is 0 Å². The quantitative estimate of drug-likeness (QED) is 0.457. The first-order valence-corrected chi connectivity index (χ1v) is 6.47. The molecular weight excluding hydrogens is 228 g/mol. The van der Waals surface area contributed by atoms with Crippen molar-refractivity contribution < 1.29 is 0 Å². The highest BCUT2D eigenvalue weighted by atomic mass is 32.1. The summed E-state index contributed by atoms with van der Waals surface area (Å²) in [6.07, 6.45) is 6.08. The predicted molar refractivity (Wildman–Crippen MR) is 79.6 cm³/mol. The molecule has 1 rings (SSSR count). The summed E-state index contributed by atoms with van der Waals surface area (Å²) in [6, 6.07) is 0. The third-order valence-corrected chi connectivity index (χ3v) is 3.38. The number of rotatable bonds is 3. The number of hydrogen-bond acceptors (Lipinski definition) is 3. The summed E-state index contributed by atoms with van der Waals surface area (Å²) in [5, 5.41) is 0.727. The van der Waals surface area contributed by atoms with Crippen molar-refractivity contribution in [3.8, 4) is 0 Å². The lowest BCUT2D eigenvalue weighted by atomic mass is 10.0. The van der Waals surface area contributed by atoms with Crippen molar-refractivity contribution in [1.29, 1.82) is 0 Å². The predicted octanol–water partition coefficient (Wildman–Crippen LogP) is 3.79. The van der Waals surface area contributed by atoms with Gasteiger partial charge in [-0.25, -0.2) is 4.99 Å². The Morgan fingerprint density at radius 3 is 2.76 bits per heavy atom.